The van der Waals surface area contributed by atoms with Crippen LogP contribution in [-0.4, -0.2) is 85.0 Å². The van der Waals surface area contributed by atoms with Crippen LogP contribution in [0.5, 0.6) is 0 Å². The zero-order chi connectivity index (χ0) is 100. The van der Waals surface area contributed by atoms with Gasteiger partial charge in [0.25, 0.3) is 0 Å². The largest absolute Gasteiger partial charge is 0.224 e. The van der Waals surface area contributed by atoms with E-state index in [-0.39, 0.29) is 105 Å². The van der Waals surface area contributed by atoms with Gasteiger partial charge in [0.05, 0.1) is 63.9 Å². The lowest BCUT2D eigenvalue weighted by Crippen LogP contribution is -2.17. The van der Waals surface area contributed by atoms with Crippen LogP contribution in [0, 0.1) is 0 Å². The maximum Gasteiger partial charge on any atom is 0.179 e. The first-order valence-corrected chi connectivity index (χ1v) is 69.8. The Bertz CT molecular complexity index is 3650. The monoisotopic (exact) mass is 2040 g/mol. The third-order valence-electron chi connectivity index (χ3n) is 30.2. The fourth-order valence-corrected chi connectivity index (χ4v) is 32.2. The van der Waals surface area contributed by atoms with E-state index in [9.17, 15) is 0 Å². The van der Waals surface area contributed by atoms with E-state index in [1.165, 1.54) is 383 Å². The molecule has 4 rings (SSSR count). The van der Waals surface area contributed by atoms with Crippen molar-refractivity contribution in [3.8, 4) is 0 Å². The molecule has 0 amide bonds. The maximum absolute atomic E-state index is 15.8. The molecule has 0 fully saturated rings. The minimum absolute atomic E-state index is 0.118. The molecule has 4 aromatic rings. The molecule has 0 spiro atoms. The maximum atomic E-state index is 15.8. The lowest BCUT2D eigenvalue weighted by atomic mass is 9.94. The van der Waals surface area contributed by atoms with Gasteiger partial charge in [-0.3, -0.25) is 0 Å². The zero-order valence-electron chi connectivity index (χ0n) is 90.7. The fourth-order valence-electron chi connectivity index (χ4n) is 21.1. The van der Waals surface area contributed by atoms with Crippen LogP contribution in [0.4, 0.5) is 0 Å². The fraction of sp³-hybridized carbons (Fsp3) is 0.850. The summed E-state index contributed by atoms with van der Waals surface area (Å²) in [4.78, 5) is -2.51. The molecule has 0 saturated heterocycles. The van der Waals surface area contributed by atoms with E-state index in [2.05, 4.69) is 41.5 Å². The van der Waals surface area contributed by atoms with Crippen molar-refractivity contribution in [2.24, 2.45) is 0 Å². The number of fused-ring (bicyclic) bond motifs is 6. The Kier molecular flexibility index (Phi) is 75.3. The molecule has 0 aliphatic heterocycles. The highest BCUT2D eigenvalue weighted by Gasteiger charge is 2.35. The Balaban J connectivity index is 1.98. The number of hydrogen-bond acceptors (Lipinski definition) is 12. The average Bonchev–Trinajstić information content (AvgIpc) is 0.703. The van der Waals surface area contributed by atoms with Crippen LogP contribution in [0.2, 0.25) is 0 Å². The summed E-state index contributed by atoms with van der Waals surface area (Å²) < 4.78 is 189. The molecule has 804 valence electrons. The standard InChI is InChI=1S/C120H216O12S6/c1-7-13-19-25-31-37-43-49-55-61-67-73-79-85-91-97-133(121,122)115-103-109-110(104-116(115)134(123,124)98-92-86-80-74-68-62-56-50-44-38-32-26-20-14-8-2)112-106-118(136(127,128)100-94-88-82-76-70-64-58-52-46-40-34-28-22-16-10-4)120(138(131,132)102-96-90-84-78-72-66-60-54-48-42-36-30-24-18-12-6)108-114(112)113-107-119(137(129,130)101-95-89-83-77-71-65-59-53-47-41-35-29-23-17-11-5)117(105-111(109)113)135(125,126)99-93-87-81-75-69-63-57-51-45-39-33-27-21-15-9-3/h103-108H,7-102H2,1-6H3. The van der Waals surface area contributed by atoms with Crippen molar-refractivity contribution >= 4 is 91.3 Å². The van der Waals surface area contributed by atoms with Gasteiger partial charge in [0.1, 0.15) is 0 Å². The molecule has 0 aromatic heterocycles. The van der Waals surface area contributed by atoms with Crippen LogP contribution in [-0.2, 0) is 59.0 Å². The van der Waals surface area contributed by atoms with Crippen molar-refractivity contribution in [2.75, 3.05) is 34.5 Å². The SMILES string of the molecule is CCCCCCCCCCCCCCCCCS(=O)(=O)c1cc2c3cc(S(=O)(=O)CCCCCCCCCCCCCCCCC)c(S(=O)(=O)CCCCCCCCCCCCCCCCC)cc3c3cc(S(=O)(=O)CCCCCCCCCCCCCCCCC)c(S(=O)(=O)CCCCCCCCCCCCCCCCC)cc3c2cc1S(=O)(=O)CCCCCCCCCCCCCCCCC. The van der Waals surface area contributed by atoms with Gasteiger partial charge in [0.2, 0.25) is 0 Å². The zero-order valence-corrected chi connectivity index (χ0v) is 95.6. The number of sulfone groups is 6. The Morgan fingerprint density at radius 3 is 0.246 bits per heavy atom. The molecular formula is C120H216O12S6. The molecule has 0 unspecified atom stereocenters. The molecule has 0 bridgehead atoms. The minimum atomic E-state index is -4.48. The second-order valence-corrected chi connectivity index (χ2v) is 55.6. The summed E-state index contributed by atoms with van der Waals surface area (Å²) in [5.41, 5.74) is 0. The third-order valence-corrected chi connectivity index (χ3v) is 41.6. The number of hydrogen-bond donors (Lipinski definition) is 0. The van der Waals surface area contributed by atoms with E-state index in [4.69, 9.17) is 0 Å². The van der Waals surface area contributed by atoms with Crippen molar-refractivity contribution in [3.05, 3.63) is 36.4 Å². The van der Waals surface area contributed by atoms with E-state index >= 15 is 50.5 Å². The minimum Gasteiger partial charge on any atom is -0.224 e. The van der Waals surface area contributed by atoms with E-state index in [1.54, 1.807) is 0 Å². The van der Waals surface area contributed by atoms with Crippen molar-refractivity contribution in [1.29, 1.82) is 0 Å². The summed E-state index contributed by atoms with van der Waals surface area (Å²) in [5.74, 6) is -2.13. The predicted octanol–water partition coefficient (Wildman–Crippen LogP) is 39.0. The van der Waals surface area contributed by atoms with Gasteiger partial charge in [-0.15, -0.1) is 0 Å². The first kappa shape index (κ1) is 128. The van der Waals surface area contributed by atoms with Gasteiger partial charge in [-0.1, -0.05) is 581 Å². The van der Waals surface area contributed by atoms with Gasteiger partial charge in [0, 0.05) is 0 Å². The van der Waals surface area contributed by atoms with E-state index in [0.717, 1.165) is 154 Å². The molecule has 0 N–H and O–H groups in total. The summed E-state index contributed by atoms with van der Waals surface area (Å²) in [6, 6.07) is 8.23. The number of rotatable bonds is 102. The quantitative estimate of drug-likeness (QED) is 0.0299. The Labute approximate surface area is 854 Å². The van der Waals surface area contributed by atoms with Gasteiger partial charge < -0.3 is 0 Å². The Hall–Kier alpha value is -2.64. The predicted molar refractivity (Wildman–Crippen MR) is 601 cm³/mol. The molecule has 4 aromatic carbocycles. The van der Waals surface area contributed by atoms with Gasteiger partial charge >= 0.3 is 0 Å². The van der Waals surface area contributed by atoms with Crippen LogP contribution in [0.1, 0.15) is 619 Å². The summed E-state index contributed by atoms with van der Waals surface area (Å²) in [7, 11) is -26.9. The van der Waals surface area contributed by atoms with E-state index in [0.29, 0.717) is 38.5 Å². The highest BCUT2D eigenvalue weighted by Crippen LogP contribution is 2.45. The second-order valence-electron chi connectivity index (χ2n) is 43.1. The van der Waals surface area contributed by atoms with Gasteiger partial charge in [-0.05, 0) is 107 Å². The molecule has 0 aliphatic rings. The van der Waals surface area contributed by atoms with Crippen molar-refractivity contribution in [1.82, 2.24) is 0 Å². The summed E-state index contributed by atoms with van der Waals surface area (Å²) >= 11 is 0. The molecule has 0 radical (unpaired) electrons. The second kappa shape index (κ2) is 81.4. The first-order valence-electron chi connectivity index (χ1n) is 59.9. The lowest BCUT2D eigenvalue weighted by molar-refractivity contribution is 0.533. The molecule has 0 heterocycles. The smallest absolute Gasteiger partial charge is 0.179 e. The van der Waals surface area contributed by atoms with Gasteiger partial charge in [0.15, 0.2) is 59.0 Å². The van der Waals surface area contributed by atoms with Crippen LogP contribution >= 0.6 is 0 Å². The highest BCUT2D eigenvalue weighted by molar-refractivity contribution is 7.95. The summed E-state index contributed by atoms with van der Waals surface area (Å²) in [6.45, 7) is 13.5. The Morgan fingerprint density at radius 2 is 0.174 bits per heavy atom. The normalized spacial score (nSPS) is 12.7. The van der Waals surface area contributed by atoms with Crippen molar-refractivity contribution in [2.45, 2.75) is 649 Å². The molecule has 12 nitrogen and oxygen atoms in total. The molecule has 0 atom stereocenters. The van der Waals surface area contributed by atoms with Crippen LogP contribution in [0.25, 0.3) is 32.3 Å². The lowest BCUT2D eigenvalue weighted by Gasteiger charge is -2.20. The topological polar surface area (TPSA) is 205 Å². The number of benzene rings is 4. The van der Waals surface area contributed by atoms with Crippen molar-refractivity contribution in [3.63, 3.8) is 0 Å². The van der Waals surface area contributed by atoms with Gasteiger partial charge in [-0.25, -0.2) is 50.5 Å². The van der Waals surface area contributed by atoms with Crippen LogP contribution in [0.15, 0.2) is 65.8 Å². The van der Waals surface area contributed by atoms with E-state index in [1.807, 2.05) is 0 Å². The summed E-state index contributed by atoms with van der Waals surface area (Å²) in [5, 5.41) is 0.708. The van der Waals surface area contributed by atoms with Gasteiger partial charge in [-0.2, -0.15) is 0 Å². The van der Waals surface area contributed by atoms with Crippen molar-refractivity contribution < 1.29 is 50.5 Å². The van der Waals surface area contributed by atoms with Crippen LogP contribution in [0.3, 0.4) is 0 Å². The molecule has 0 saturated carbocycles. The molecular weight excluding hydrogens is 1830 g/mol. The Morgan fingerprint density at radius 1 is 0.109 bits per heavy atom. The van der Waals surface area contributed by atoms with Crippen LogP contribution < -0.4 is 0 Å². The molecule has 18 heteroatoms. The highest BCUT2D eigenvalue weighted by atomic mass is 32.2. The van der Waals surface area contributed by atoms with E-state index < -0.39 is 88.4 Å². The average molecular weight is 2040 g/mol. The first-order chi connectivity index (χ1) is 67.0. The molecule has 0 aliphatic carbocycles. The third kappa shape index (κ3) is 57.6. The number of unbranched alkanes of at least 4 members (excludes halogenated alkanes) is 84. The molecule has 138 heavy (non-hydrogen) atoms. The summed E-state index contributed by atoms with van der Waals surface area (Å²) in [6.07, 6.45) is 97.1.